The molecule has 0 rings (SSSR count). The molecule has 0 aliphatic rings. The molecule has 0 aliphatic heterocycles. The van der Waals surface area contributed by atoms with Crippen molar-refractivity contribution in [1.82, 2.24) is 5.32 Å². The molecule has 10 heavy (non-hydrogen) atoms. The predicted molar refractivity (Wildman–Crippen MR) is 33.5 cm³/mol. The summed E-state index contributed by atoms with van der Waals surface area (Å²) in [6, 6.07) is 1.42. The number of nitrogens with zero attached hydrogens (tertiary/aromatic N) is 2. The van der Waals surface area contributed by atoms with Crippen molar-refractivity contribution >= 4 is 11.6 Å². The van der Waals surface area contributed by atoms with Crippen LogP contribution in [0.4, 0.5) is 0 Å². The SMILES string of the molecule is CCNC(=O)/C(C#N)=N/O. The van der Waals surface area contributed by atoms with E-state index in [2.05, 4.69) is 10.5 Å². The predicted octanol–water partition coefficient (Wildman–Crippen LogP) is -0.524. The topological polar surface area (TPSA) is 85.5 Å². The monoisotopic (exact) mass is 141 g/mol. The van der Waals surface area contributed by atoms with Crippen molar-refractivity contribution in [3.63, 3.8) is 0 Å². The zero-order valence-electron chi connectivity index (χ0n) is 5.46. The van der Waals surface area contributed by atoms with E-state index in [0.29, 0.717) is 6.54 Å². The van der Waals surface area contributed by atoms with Crippen molar-refractivity contribution in [2.75, 3.05) is 6.54 Å². The molecule has 0 saturated carbocycles. The van der Waals surface area contributed by atoms with Crippen LogP contribution in [0.5, 0.6) is 0 Å². The van der Waals surface area contributed by atoms with Crippen LogP contribution in [0.3, 0.4) is 0 Å². The maximum Gasteiger partial charge on any atom is 0.284 e. The quantitative estimate of drug-likeness (QED) is 0.308. The highest BCUT2D eigenvalue weighted by atomic mass is 16.4. The number of oxime groups is 1. The van der Waals surface area contributed by atoms with Crippen LogP contribution in [-0.2, 0) is 4.79 Å². The van der Waals surface area contributed by atoms with Crippen LogP contribution in [0.1, 0.15) is 6.92 Å². The second kappa shape index (κ2) is 4.32. The summed E-state index contributed by atoms with van der Waals surface area (Å²) in [4.78, 5) is 10.6. The van der Waals surface area contributed by atoms with E-state index < -0.39 is 11.6 Å². The lowest BCUT2D eigenvalue weighted by Gasteiger charge is -1.94. The highest BCUT2D eigenvalue weighted by Gasteiger charge is 2.08. The Balaban J connectivity index is 4.08. The van der Waals surface area contributed by atoms with Gasteiger partial charge in [0, 0.05) is 6.54 Å². The molecule has 54 valence electrons. The first kappa shape index (κ1) is 8.43. The maximum absolute atomic E-state index is 10.6. The molecule has 0 bridgehead atoms. The first-order valence-corrected chi connectivity index (χ1v) is 2.66. The molecule has 0 aromatic carbocycles. The number of amides is 1. The Bertz CT molecular complexity index is 192. The molecule has 0 heterocycles. The Morgan fingerprint density at radius 2 is 2.50 bits per heavy atom. The van der Waals surface area contributed by atoms with Gasteiger partial charge in [-0.25, -0.2) is 0 Å². The standard InChI is InChI=1S/C5H7N3O2/c1-2-7-5(9)4(3-6)8-10/h10H,2H2,1H3,(H,7,9)/b8-4+. The van der Waals surface area contributed by atoms with E-state index in [1.807, 2.05) is 0 Å². The van der Waals surface area contributed by atoms with Gasteiger partial charge in [-0.15, -0.1) is 0 Å². The van der Waals surface area contributed by atoms with Gasteiger partial charge in [-0.3, -0.25) is 4.79 Å². The van der Waals surface area contributed by atoms with Gasteiger partial charge >= 0.3 is 0 Å². The highest BCUT2D eigenvalue weighted by Crippen LogP contribution is 1.73. The average Bonchev–Trinajstić information content (AvgIpc) is 1.91. The van der Waals surface area contributed by atoms with Crippen molar-refractivity contribution in [2.24, 2.45) is 5.16 Å². The number of nitrogens with one attached hydrogen (secondary N) is 1. The lowest BCUT2D eigenvalue weighted by Crippen LogP contribution is -2.29. The third kappa shape index (κ3) is 2.13. The molecule has 0 fully saturated rings. The Morgan fingerprint density at radius 3 is 2.80 bits per heavy atom. The Morgan fingerprint density at radius 1 is 1.90 bits per heavy atom. The summed E-state index contributed by atoms with van der Waals surface area (Å²) in [6.07, 6.45) is 0. The van der Waals surface area contributed by atoms with Gasteiger partial charge in [0.15, 0.2) is 0 Å². The van der Waals surface area contributed by atoms with Crippen molar-refractivity contribution in [1.29, 1.82) is 5.26 Å². The highest BCUT2D eigenvalue weighted by molar-refractivity contribution is 6.44. The molecule has 0 atom stereocenters. The van der Waals surface area contributed by atoms with E-state index in [1.54, 1.807) is 6.92 Å². The van der Waals surface area contributed by atoms with Crippen LogP contribution >= 0.6 is 0 Å². The van der Waals surface area contributed by atoms with Crippen LogP contribution in [-0.4, -0.2) is 23.4 Å². The molecule has 0 aliphatic carbocycles. The molecular formula is C5H7N3O2. The molecule has 5 nitrogen and oxygen atoms in total. The molecule has 0 unspecified atom stereocenters. The van der Waals surface area contributed by atoms with E-state index in [0.717, 1.165) is 0 Å². The van der Waals surface area contributed by atoms with Gasteiger partial charge in [-0.05, 0) is 6.92 Å². The largest absolute Gasteiger partial charge is 0.410 e. The minimum atomic E-state index is -0.660. The minimum absolute atomic E-state index is 0.402. The van der Waals surface area contributed by atoms with E-state index in [-0.39, 0.29) is 0 Å². The van der Waals surface area contributed by atoms with Crippen LogP contribution in [0.25, 0.3) is 0 Å². The van der Waals surface area contributed by atoms with Crippen molar-refractivity contribution < 1.29 is 10.0 Å². The molecule has 0 saturated heterocycles. The second-order valence-electron chi connectivity index (χ2n) is 1.42. The number of nitriles is 1. The lowest BCUT2D eigenvalue weighted by atomic mass is 10.4. The second-order valence-corrected chi connectivity index (χ2v) is 1.42. The van der Waals surface area contributed by atoms with Crippen molar-refractivity contribution in [3.8, 4) is 6.07 Å². The van der Waals surface area contributed by atoms with Gasteiger partial charge in [0.2, 0.25) is 5.71 Å². The molecule has 0 spiro atoms. The first-order chi connectivity index (χ1) is 4.76. The number of carbonyl (C=O) groups excluding carboxylic acids is 1. The Labute approximate surface area is 57.9 Å². The van der Waals surface area contributed by atoms with Gasteiger partial charge in [-0.2, -0.15) is 5.26 Å². The normalized spacial score (nSPS) is 10.2. The van der Waals surface area contributed by atoms with Gasteiger partial charge in [0.05, 0.1) is 0 Å². The van der Waals surface area contributed by atoms with Crippen LogP contribution in [0.15, 0.2) is 5.16 Å². The van der Waals surface area contributed by atoms with Crippen molar-refractivity contribution in [2.45, 2.75) is 6.92 Å². The van der Waals surface area contributed by atoms with Crippen LogP contribution in [0, 0.1) is 11.3 Å². The molecule has 5 heteroatoms. The summed E-state index contributed by atoms with van der Waals surface area (Å²) in [5.74, 6) is -0.660. The van der Waals surface area contributed by atoms with E-state index in [9.17, 15) is 4.79 Å². The molecule has 0 radical (unpaired) electrons. The summed E-state index contributed by atoms with van der Waals surface area (Å²) in [6.45, 7) is 2.10. The number of hydrogen-bond donors (Lipinski definition) is 2. The number of rotatable bonds is 2. The van der Waals surface area contributed by atoms with Gasteiger partial charge in [0.25, 0.3) is 5.91 Å². The fraction of sp³-hybridized carbons (Fsp3) is 0.400. The fourth-order valence-electron chi connectivity index (χ4n) is 0.363. The van der Waals surface area contributed by atoms with E-state index in [4.69, 9.17) is 10.5 Å². The minimum Gasteiger partial charge on any atom is -0.410 e. The summed E-state index contributed by atoms with van der Waals surface area (Å²) in [5, 5.41) is 20.9. The Hall–Kier alpha value is -1.57. The molecule has 1 amide bonds. The fourth-order valence-corrected chi connectivity index (χ4v) is 0.363. The third-order valence-electron chi connectivity index (χ3n) is 0.758. The summed E-state index contributed by atoms with van der Waals surface area (Å²) in [5.41, 5.74) is -0.526. The summed E-state index contributed by atoms with van der Waals surface area (Å²) >= 11 is 0. The van der Waals surface area contributed by atoms with Gasteiger partial charge in [-0.1, -0.05) is 5.16 Å². The third-order valence-corrected chi connectivity index (χ3v) is 0.758. The van der Waals surface area contributed by atoms with E-state index in [1.165, 1.54) is 6.07 Å². The smallest absolute Gasteiger partial charge is 0.284 e. The maximum atomic E-state index is 10.6. The zero-order chi connectivity index (χ0) is 7.98. The zero-order valence-corrected chi connectivity index (χ0v) is 5.46. The van der Waals surface area contributed by atoms with Gasteiger partial charge in [0.1, 0.15) is 6.07 Å². The van der Waals surface area contributed by atoms with Gasteiger partial charge < -0.3 is 10.5 Å². The molecule has 0 aromatic rings. The average molecular weight is 141 g/mol. The van der Waals surface area contributed by atoms with Crippen LogP contribution in [0.2, 0.25) is 0 Å². The van der Waals surface area contributed by atoms with Crippen molar-refractivity contribution in [3.05, 3.63) is 0 Å². The lowest BCUT2D eigenvalue weighted by molar-refractivity contribution is -0.114. The number of carbonyl (C=O) groups is 1. The summed E-state index contributed by atoms with van der Waals surface area (Å²) in [7, 11) is 0. The van der Waals surface area contributed by atoms with E-state index >= 15 is 0 Å². The summed E-state index contributed by atoms with van der Waals surface area (Å²) < 4.78 is 0. The number of hydrogen-bond acceptors (Lipinski definition) is 4. The first-order valence-electron chi connectivity index (χ1n) is 2.66. The Kier molecular flexibility index (Phi) is 3.64. The molecule has 2 N–H and O–H groups in total. The molecule has 0 aromatic heterocycles. The van der Waals surface area contributed by atoms with Crippen LogP contribution < -0.4 is 5.32 Å². The molecular weight excluding hydrogens is 134 g/mol.